The third-order valence-corrected chi connectivity index (χ3v) is 5.05. The summed E-state index contributed by atoms with van der Waals surface area (Å²) < 4.78 is 2.32. The van der Waals surface area contributed by atoms with Crippen LogP contribution in [0.15, 0.2) is 72.9 Å². The average molecular weight is 347 g/mol. The summed E-state index contributed by atoms with van der Waals surface area (Å²) in [6.07, 6.45) is 2.15. The lowest BCUT2D eigenvalue weighted by Crippen LogP contribution is -2.44. The number of aryl methyl sites for hydroxylation is 1. The van der Waals surface area contributed by atoms with Crippen LogP contribution >= 0.6 is 12.2 Å². The van der Waals surface area contributed by atoms with Crippen LogP contribution in [0.5, 0.6) is 0 Å². The first kappa shape index (κ1) is 15.9. The van der Waals surface area contributed by atoms with Crippen molar-refractivity contribution in [1.29, 1.82) is 0 Å². The second-order valence-corrected chi connectivity index (χ2v) is 6.82. The molecule has 0 saturated carbocycles. The van der Waals surface area contributed by atoms with Crippen LogP contribution in [0, 0.1) is 6.92 Å². The summed E-state index contributed by atoms with van der Waals surface area (Å²) in [5.41, 5.74) is 4.82. The number of rotatable bonds is 2. The van der Waals surface area contributed by atoms with Gasteiger partial charge in [-0.15, -0.1) is 0 Å². The zero-order valence-electron chi connectivity index (χ0n) is 14.2. The zero-order chi connectivity index (χ0) is 17.2. The molecule has 0 fully saturated rings. The Labute approximate surface area is 153 Å². The molecule has 0 saturated heterocycles. The van der Waals surface area contributed by atoms with Gasteiger partial charge in [0.1, 0.15) is 0 Å². The number of aromatic nitrogens is 1. The molecule has 1 aliphatic heterocycles. The van der Waals surface area contributed by atoms with E-state index in [9.17, 15) is 0 Å². The van der Waals surface area contributed by atoms with Crippen LogP contribution in [-0.4, -0.2) is 21.1 Å². The van der Waals surface area contributed by atoms with Crippen LogP contribution in [0.4, 0.5) is 5.69 Å². The molecular formula is C21H21N3S. The van der Waals surface area contributed by atoms with E-state index in [2.05, 4.69) is 94.6 Å². The minimum atomic E-state index is 0.135. The molecule has 1 atom stereocenters. The largest absolute Gasteiger partial charge is 0.348 e. The van der Waals surface area contributed by atoms with Gasteiger partial charge in [0.05, 0.1) is 6.04 Å². The summed E-state index contributed by atoms with van der Waals surface area (Å²) in [7, 11) is 0. The molecule has 1 aliphatic rings. The van der Waals surface area contributed by atoms with E-state index in [0.717, 1.165) is 23.9 Å². The van der Waals surface area contributed by atoms with Gasteiger partial charge in [0.15, 0.2) is 5.11 Å². The Morgan fingerprint density at radius 3 is 2.48 bits per heavy atom. The summed E-state index contributed by atoms with van der Waals surface area (Å²) in [4.78, 5) is 2.29. The first-order chi connectivity index (χ1) is 12.2. The van der Waals surface area contributed by atoms with Gasteiger partial charge in [0, 0.05) is 30.7 Å². The second-order valence-electron chi connectivity index (χ2n) is 6.43. The van der Waals surface area contributed by atoms with Gasteiger partial charge in [-0.25, -0.2) is 0 Å². The van der Waals surface area contributed by atoms with Crippen molar-refractivity contribution >= 4 is 23.0 Å². The van der Waals surface area contributed by atoms with Crippen molar-refractivity contribution in [2.45, 2.75) is 19.5 Å². The Hall–Kier alpha value is -2.59. The minimum Gasteiger partial charge on any atom is -0.348 e. The fourth-order valence-corrected chi connectivity index (χ4v) is 3.73. The van der Waals surface area contributed by atoms with Crippen LogP contribution in [0.1, 0.15) is 22.9 Å². The van der Waals surface area contributed by atoms with Crippen molar-refractivity contribution in [2.75, 3.05) is 11.9 Å². The van der Waals surface area contributed by atoms with Crippen LogP contribution in [0.25, 0.3) is 0 Å². The molecule has 25 heavy (non-hydrogen) atoms. The predicted octanol–water partition coefficient (Wildman–Crippen LogP) is 4.60. The molecule has 0 aliphatic carbocycles. The molecule has 1 aromatic heterocycles. The highest BCUT2D eigenvalue weighted by Crippen LogP contribution is 2.32. The zero-order valence-corrected chi connectivity index (χ0v) is 15.0. The van der Waals surface area contributed by atoms with Crippen LogP contribution in [0.3, 0.4) is 0 Å². The summed E-state index contributed by atoms with van der Waals surface area (Å²) in [5.74, 6) is 0. The second kappa shape index (κ2) is 6.73. The Morgan fingerprint density at radius 2 is 1.72 bits per heavy atom. The molecule has 2 heterocycles. The molecule has 0 radical (unpaired) electrons. The molecule has 4 rings (SSSR count). The molecule has 0 amide bonds. The number of thiocarbonyl (C=S) groups is 1. The summed E-state index contributed by atoms with van der Waals surface area (Å²) in [5, 5.41) is 4.18. The highest BCUT2D eigenvalue weighted by Gasteiger charge is 2.30. The molecule has 2 aromatic carbocycles. The van der Waals surface area contributed by atoms with E-state index in [1.165, 1.54) is 16.8 Å². The summed E-state index contributed by atoms with van der Waals surface area (Å²) in [6.45, 7) is 3.92. The number of hydrogen-bond donors (Lipinski definition) is 1. The van der Waals surface area contributed by atoms with Gasteiger partial charge in [-0.1, -0.05) is 48.0 Å². The first-order valence-corrected chi connectivity index (χ1v) is 8.97. The van der Waals surface area contributed by atoms with E-state index in [4.69, 9.17) is 12.2 Å². The standard InChI is InChI=1S/C21H21N3S/c1-16-9-11-18(12-10-16)22-21(25)24-15-14-23-13-5-8-19(23)20(24)17-6-3-2-4-7-17/h2-13,20H,14-15H2,1H3,(H,22,25)/t20-/m0/s1. The highest BCUT2D eigenvalue weighted by atomic mass is 32.1. The van der Waals surface area contributed by atoms with Crippen molar-refractivity contribution in [3.8, 4) is 0 Å². The molecule has 3 nitrogen and oxygen atoms in total. The van der Waals surface area contributed by atoms with Gasteiger partial charge in [-0.05, 0) is 49.0 Å². The third kappa shape index (κ3) is 3.17. The number of benzene rings is 2. The van der Waals surface area contributed by atoms with Gasteiger partial charge < -0.3 is 14.8 Å². The number of nitrogens with zero attached hydrogens (tertiary/aromatic N) is 2. The van der Waals surface area contributed by atoms with Crippen molar-refractivity contribution in [1.82, 2.24) is 9.47 Å². The highest BCUT2D eigenvalue weighted by molar-refractivity contribution is 7.80. The smallest absolute Gasteiger partial charge is 0.174 e. The van der Waals surface area contributed by atoms with Gasteiger partial charge in [0.25, 0.3) is 0 Å². The van der Waals surface area contributed by atoms with Crippen molar-refractivity contribution in [3.63, 3.8) is 0 Å². The lowest BCUT2D eigenvalue weighted by Gasteiger charge is -2.39. The number of hydrogen-bond acceptors (Lipinski definition) is 1. The number of fused-ring (bicyclic) bond motifs is 1. The van der Waals surface area contributed by atoms with Crippen molar-refractivity contribution < 1.29 is 0 Å². The van der Waals surface area contributed by atoms with Crippen LogP contribution in [-0.2, 0) is 6.54 Å². The molecule has 0 spiro atoms. The average Bonchev–Trinajstić information content (AvgIpc) is 3.12. The van der Waals surface area contributed by atoms with E-state index >= 15 is 0 Å². The first-order valence-electron chi connectivity index (χ1n) is 8.56. The number of nitrogens with one attached hydrogen (secondary N) is 1. The normalized spacial score (nSPS) is 16.4. The van der Waals surface area contributed by atoms with E-state index in [-0.39, 0.29) is 6.04 Å². The quantitative estimate of drug-likeness (QED) is 0.684. The van der Waals surface area contributed by atoms with Gasteiger partial charge >= 0.3 is 0 Å². The summed E-state index contributed by atoms with van der Waals surface area (Å²) in [6, 6.07) is 23.4. The van der Waals surface area contributed by atoms with E-state index < -0.39 is 0 Å². The van der Waals surface area contributed by atoms with Crippen molar-refractivity contribution in [2.24, 2.45) is 0 Å². The van der Waals surface area contributed by atoms with E-state index in [1.807, 2.05) is 0 Å². The number of anilines is 1. The van der Waals surface area contributed by atoms with Gasteiger partial charge in [-0.2, -0.15) is 0 Å². The molecule has 0 unspecified atom stereocenters. The molecule has 3 aromatic rings. The predicted molar refractivity (Wildman–Crippen MR) is 107 cm³/mol. The van der Waals surface area contributed by atoms with Crippen LogP contribution in [0.2, 0.25) is 0 Å². The molecule has 0 bridgehead atoms. The Balaban J connectivity index is 1.65. The van der Waals surface area contributed by atoms with Gasteiger partial charge in [0.2, 0.25) is 0 Å². The lowest BCUT2D eigenvalue weighted by molar-refractivity contribution is 0.293. The van der Waals surface area contributed by atoms with E-state index in [0.29, 0.717) is 0 Å². The monoisotopic (exact) mass is 347 g/mol. The maximum absolute atomic E-state index is 5.77. The van der Waals surface area contributed by atoms with Crippen molar-refractivity contribution in [3.05, 3.63) is 89.7 Å². The lowest BCUT2D eigenvalue weighted by atomic mass is 10.0. The molecule has 126 valence electrons. The fraction of sp³-hybridized carbons (Fsp3) is 0.190. The van der Waals surface area contributed by atoms with Crippen LogP contribution < -0.4 is 5.32 Å². The third-order valence-electron chi connectivity index (χ3n) is 4.72. The molecule has 4 heteroatoms. The molecule has 1 N–H and O–H groups in total. The minimum absolute atomic E-state index is 0.135. The van der Waals surface area contributed by atoms with Gasteiger partial charge in [-0.3, -0.25) is 0 Å². The molecular weight excluding hydrogens is 326 g/mol. The Morgan fingerprint density at radius 1 is 0.960 bits per heavy atom. The topological polar surface area (TPSA) is 20.2 Å². The fourth-order valence-electron chi connectivity index (χ4n) is 3.42. The van der Waals surface area contributed by atoms with E-state index in [1.54, 1.807) is 0 Å². The maximum Gasteiger partial charge on any atom is 0.174 e. The SMILES string of the molecule is Cc1ccc(NC(=S)N2CCn3cccc3[C@@H]2c2ccccc2)cc1. The summed E-state index contributed by atoms with van der Waals surface area (Å²) >= 11 is 5.77. The maximum atomic E-state index is 5.77. The Bertz CT molecular complexity index is 868. The Kier molecular flexibility index (Phi) is 4.28.